The number of rotatable bonds is 2. The van der Waals surface area contributed by atoms with Crippen molar-refractivity contribution in [1.29, 1.82) is 0 Å². The summed E-state index contributed by atoms with van der Waals surface area (Å²) in [4.78, 5) is 29.3. The Morgan fingerprint density at radius 1 is 1.04 bits per heavy atom. The zero-order valence-corrected chi connectivity index (χ0v) is 16.3. The molecule has 5 rings (SSSR count). The number of nitrogens with zero attached hydrogens (tertiary/aromatic N) is 5. The largest absolute Gasteiger partial charge is 0.353 e. The number of fused-ring (bicyclic) bond motifs is 3. The van der Waals surface area contributed by atoms with Gasteiger partial charge in [-0.2, -0.15) is 0 Å². The van der Waals surface area contributed by atoms with E-state index < -0.39 is 0 Å². The standard InChI is InChI=1S/C20H23N5OS/c1-23-19(26)17-14-6-2-3-7-15(14)27-18(17)22-20(23)25-12-10-24(11-13-25)16-8-4-5-9-21-16/h4-5,8-9H,2-3,6-7,10-13H2,1H3. The Balaban J connectivity index is 1.46. The molecule has 6 nitrogen and oxygen atoms in total. The first-order valence-corrected chi connectivity index (χ1v) is 10.5. The number of thiophene rings is 1. The Kier molecular flexibility index (Phi) is 4.11. The van der Waals surface area contributed by atoms with E-state index in [2.05, 4.69) is 14.8 Å². The number of hydrogen-bond donors (Lipinski definition) is 0. The summed E-state index contributed by atoms with van der Waals surface area (Å²) in [6, 6.07) is 6.01. The molecule has 1 aliphatic heterocycles. The molecule has 7 heteroatoms. The van der Waals surface area contributed by atoms with Gasteiger partial charge < -0.3 is 9.80 Å². The summed E-state index contributed by atoms with van der Waals surface area (Å²) in [6.07, 6.45) is 6.35. The van der Waals surface area contributed by atoms with Crippen LogP contribution in [0.3, 0.4) is 0 Å². The van der Waals surface area contributed by atoms with Crippen LogP contribution in [-0.4, -0.2) is 40.7 Å². The second-order valence-corrected chi connectivity index (χ2v) is 8.41. The van der Waals surface area contributed by atoms with Gasteiger partial charge in [0.05, 0.1) is 5.39 Å². The van der Waals surface area contributed by atoms with Gasteiger partial charge in [-0.05, 0) is 43.4 Å². The Hall–Kier alpha value is -2.41. The van der Waals surface area contributed by atoms with Crippen LogP contribution in [0.15, 0.2) is 29.2 Å². The first-order valence-electron chi connectivity index (χ1n) is 9.64. The zero-order chi connectivity index (χ0) is 18.4. The lowest BCUT2D eigenvalue weighted by Crippen LogP contribution is -2.48. The zero-order valence-electron chi connectivity index (χ0n) is 15.5. The highest BCUT2D eigenvalue weighted by Gasteiger charge is 2.25. The van der Waals surface area contributed by atoms with Gasteiger partial charge >= 0.3 is 0 Å². The predicted octanol–water partition coefficient (Wildman–Crippen LogP) is 2.60. The highest BCUT2D eigenvalue weighted by Crippen LogP contribution is 2.34. The van der Waals surface area contributed by atoms with Crippen molar-refractivity contribution >= 4 is 33.3 Å². The minimum Gasteiger partial charge on any atom is -0.353 e. The van der Waals surface area contributed by atoms with Crippen molar-refractivity contribution in [3.8, 4) is 0 Å². The van der Waals surface area contributed by atoms with Gasteiger partial charge in [-0.25, -0.2) is 9.97 Å². The molecule has 0 bridgehead atoms. The first-order chi connectivity index (χ1) is 13.2. The smallest absolute Gasteiger partial charge is 0.263 e. The highest BCUT2D eigenvalue weighted by molar-refractivity contribution is 7.18. The molecule has 2 aliphatic rings. The molecule has 0 unspecified atom stereocenters. The van der Waals surface area contributed by atoms with Gasteiger partial charge in [0.15, 0.2) is 0 Å². The van der Waals surface area contributed by atoms with Crippen molar-refractivity contribution in [1.82, 2.24) is 14.5 Å². The number of hydrogen-bond acceptors (Lipinski definition) is 6. The van der Waals surface area contributed by atoms with Gasteiger partial charge in [0.1, 0.15) is 10.6 Å². The highest BCUT2D eigenvalue weighted by atomic mass is 32.1. The van der Waals surface area contributed by atoms with Crippen LogP contribution < -0.4 is 15.4 Å². The summed E-state index contributed by atoms with van der Waals surface area (Å²) in [5.74, 6) is 1.81. The van der Waals surface area contributed by atoms with Crippen molar-refractivity contribution in [2.24, 2.45) is 7.05 Å². The van der Waals surface area contributed by atoms with Crippen LogP contribution in [0.2, 0.25) is 0 Å². The van der Waals surface area contributed by atoms with Gasteiger partial charge in [-0.15, -0.1) is 11.3 Å². The van der Waals surface area contributed by atoms with E-state index in [0.717, 1.165) is 61.0 Å². The molecule has 140 valence electrons. The van der Waals surface area contributed by atoms with E-state index in [4.69, 9.17) is 4.98 Å². The third-order valence-electron chi connectivity index (χ3n) is 5.71. The van der Waals surface area contributed by atoms with Crippen LogP contribution >= 0.6 is 11.3 Å². The molecule has 27 heavy (non-hydrogen) atoms. The van der Waals surface area contributed by atoms with Crippen molar-refractivity contribution in [3.63, 3.8) is 0 Å². The topological polar surface area (TPSA) is 54.3 Å². The minimum absolute atomic E-state index is 0.113. The average Bonchev–Trinajstić information content (AvgIpc) is 3.10. The van der Waals surface area contributed by atoms with E-state index in [1.807, 2.05) is 31.4 Å². The normalized spacial score (nSPS) is 17.4. The lowest BCUT2D eigenvalue weighted by Gasteiger charge is -2.36. The molecule has 0 saturated carbocycles. The second-order valence-electron chi connectivity index (χ2n) is 7.33. The number of pyridine rings is 1. The predicted molar refractivity (Wildman–Crippen MR) is 110 cm³/mol. The fourth-order valence-corrected chi connectivity index (χ4v) is 5.48. The maximum absolute atomic E-state index is 13.1. The third-order valence-corrected chi connectivity index (χ3v) is 6.89. The molecule has 0 amide bonds. The Morgan fingerprint density at radius 2 is 1.81 bits per heavy atom. The van der Waals surface area contributed by atoms with Gasteiger partial charge in [0.2, 0.25) is 5.95 Å². The van der Waals surface area contributed by atoms with Gasteiger partial charge in [-0.3, -0.25) is 9.36 Å². The van der Waals surface area contributed by atoms with Crippen molar-refractivity contribution in [3.05, 3.63) is 45.2 Å². The van der Waals surface area contributed by atoms with E-state index in [0.29, 0.717) is 0 Å². The monoisotopic (exact) mass is 381 g/mol. The summed E-state index contributed by atoms with van der Waals surface area (Å²) in [7, 11) is 1.86. The van der Waals surface area contributed by atoms with Crippen LogP contribution in [0.5, 0.6) is 0 Å². The fourth-order valence-electron chi connectivity index (χ4n) is 4.23. The van der Waals surface area contributed by atoms with E-state index in [9.17, 15) is 4.79 Å². The van der Waals surface area contributed by atoms with Crippen LogP contribution in [-0.2, 0) is 19.9 Å². The average molecular weight is 382 g/mol. The van der Waals surface area contributed by atoms with Gasteiger partial charge in [0.25, 0.3) is 5.56 Å². The van der Waals surface area contributed by atoms with E-state index >= 15 is 0 Å². The van der Waals surface area contributed by atoms with Crippen molar-refractivity contribution in [2.45, 2.75) is 25.7 Å². The molecule has 3 aromatic rings. The van der Waals surface area contributed by atoms with Crippen molar-refractivity contribution in [2.75, 3.05) is 36.0 Å². The van der Waals surface area contributed by atoms with Crippen LogP contribution in [0.4, 0.5) is 11.8 Å². The number of piperazine rings is 1. The molecular weight excluding hydrogens is 358 g/mol. The van der Waals surface area contributed by atoms with E-state index in [1.165, 1.54) is 23.3 Å². The molecule has 4 heterocycles. The van der Waals surface area contributed by atoms with E-state index in [-0.39, 0.29) is 5.56 Å². The van der Waals surface area contributed by atoms with Gasteiger partial charge in [-0.1, -0.05) is 6.07 Å². The molecule has 1 fully saturated rings. The first kappa shape index (κ1) is 16.7. The molecule has 0 radical (unpaired) electrons. The molecular formula is C20H23N5OS. The number of aryl methyl sites for hydroxylation is 2. The van der Waals surface area contributed by atoms with Crippen LogP contribution in [0.1, 0.15) is 23.3 Å². The van der Waals surface area contributed by atoms with Crippen LogP contribution in [0.25, 0.3) is 10.2 Å². The molecule has 0 N–H and O–H groups in total. The Bertz CT molecular complexity index is 1030. The van der Waals surface area contributed by atoms with Crippen molar-refractivity contribution < 1.29 is 0 Å². The second kappa shape index (κ2) is 6.64. The maximum Gasteiger partial charge on any atom is 0.263 e. The third kappa shape index (κ3) is 2.81. The van der Waals surface area contributed by atoms with E-state index in [1.54, 1.807) is 15.9 Å². The SMILES string of the molecule is Cn1c(N2CCN(c3ccccn3)CC2)nc2sc3c(c2c1=O)CCCC3. The molecule has 0 aromatic carbocycles. The number of aromatic nitrogens is 3. The lowest BCUT2D eigenvalue weighted by atomic mass is 9.97. The summed E-state index contributed by atoms with van der Waals surface area (Å²) in [5, 5.41) is 0.869. The number of anilines is 2. The minimum atomic E-state index is 0.113. The Labute approximate surface area is 162 Å². The fraction of sp³-hybridized carbons (Fsp3) is 0.450. The lowest BCUT2D eigenvalue weighted by molar-refractivity contribution is 0.619. The summed E-state index contributed by atoms with van der Waals surface area (Å²) in [6.45, 7) is 3.44. The Morgan fingerprint density at radius 3 is 2.59 bits per heavy atom. The van der Waals surface area contributed by atoms with Gasteiger partial charge in [0, 0.05) is 44.3 Å². The summed E-state index contributed by atoms with van der Waals surface area (Å²) >= 11 is 1.73. The maximum atomic E-state index is 13.1. The molecule has 0 atom stereocenters. The summed E-state index contributed by atoms with van der Waals surface area (Å²) < 4.78 is 1.75. The molecule has 0 spiro atoms. The molecule has 3 aromatic heterocycles. The quantitative estimate of drug-likeness (QED) is 0.683. The molecule has 1 saturated heterocycles. The van der Waals surface area contributed by atoms with Crippen LogP contribution in [0, 0.1) is 0 Å². The molecule has 1 aliphatic carbocycles. The summed E-state index contributed by atoms with van der Waals surface area (Å²) in [5.41, 5.74) is 1.38.